The van der Waals surface area contributed by atoms with E-state index in [9.17, 15) is 4.79 Å². The highest BCUT2D eigenvalue weighted by Crippen LogP contribution is 2.33. The average Bonchev–Trinajstić information content (AvgIpc) is 2.87. The van der Waals surface area contributed by atoms with E-state index in [1.54, 1.807) is 4.90 Å². The summed E-state index contributed by atoms with van der Waals surface area (Å²) < 4.78 is 10.9. The number of hydrogen-bond acceptors (Lipinski definition) is 4. The highest BCUT2D eigenvalue weighted by Gasteiger charge is 2.44. The van der Waals surface area contributed by atoms with Crippen molar-refractivity contribution in [2.45, 2.75) is 25.0 Å². The number of nitrogens with two attached hydrogens (primary N) is 1. The highest BCUT2D eigenvalue weighted by atomic mass is 16.6. The van der Waals surface area contributed by atoms with Crippen LogP contribution in [0.25, 0.3) is 0 Å². The molecule has 0 radical (unpaired) electrons. The van der Waals surface area contributed by atoms with E-state index in [4.69, 9.17) is 15.2 Å². The lowest BCUT2D eigenvalue weighted by Crippen LogP contribution is -2.50. The molecule has 0 bridgehead atoms. The molecule has 0 aliphatic carbocycles. The summed E-state index contributed by atoms with van der Waals surface area (Å²) >= 11 is 0. The van der Waals surface area contributed by atoms with Crippen LogP contribution in [0, 0.1) is 0 Å². The third kappa shape index (κ3) is 2.31. The number of carbonyl (C=O) groups excluding carboxylic acids is 1. The zero-order valence-electron chi connectivity index (χ0n) is 10.8. The van der Waals surface area contributed by atoms with Gasteiger partial charge in [-0.3, -0.25) is 4.90 Å². The molecule has 2 saturated heterocycles. The lowest BCUT2D eigenvalue weighted by atomic mass is 9.97. The van der Waals surface area contributed by atoms with E-state index in [1.807, 2.05) is 24.3 Å². The Hall–Kier alpha value is -1.59. The zero-order chi connectivity index (χ0) is 13.3. The van der Waals surface area contributed by atoms with Crippen molar-refractivity contribution >= 4 is 11.8 Å². The minimum absolute atomic E-state index is 0.280. The van der Waals surface area contributed by atoms with Gasteiger partial charge in [0.05, 0.1) is 13.2 Å². The van der Waals surface area contributed by atoms with E-state index >= 15 is 0 Å². The molecule has 1 aromatic rings. The molecule has 5 heteroatoms. The molecule has 2 aliphatic heterocycles. The molecule has 2 aliphatic rings. The Balaban J connectivity index is 1.74. The number of ether oxygens (including phenoxy) is 2. The molecular weight excluding hydrogens is 244 g/mol. The summed E-state index contributed by atoms with van der Waals surface area (Å²) in [6, 6.07) is 7.69. The van der Waals surface area contributed by atoms with Gasteiger partial charge in [-0.2, -0.15) is 0 Å². The number of carbonyl (C=O) groups is 1. The van der Waals surface area contributed by atoms with Gasteiger partial charge in [-0.25, -0.2) is 4.79 Å². The van der Waals surface area contributed by atoms with Crippen molar-refractivity contribution in [1.29, 1.82) is 0 Å². The van der Waals surface area contributed by atoms with Crippen LogP contribution in [0.1, 0.15) is 18.4 Å². The molecule has 5 nitrogen and oxygen atoms in total. The van der Waals surface area contributed by atoms with E-state index in [0.717, 1.165) is 24.1 Å². The van der Waals surface area contributed by atoms with Crippen molar-refractivity contribution in [2.24, 2.45) is 5.73 Å². The Morgan fingerprint density at radius 1 is 1.26 bits per heavy atom. The molecule has 3 rings (SSSR count). The molecule has 1 unspecified atom stereocenters. The van der Waals surface area contributed by atoms with Crippen LogP contribution < -0.4 is 10.6 Å². The minimum Gasteiger partial charge on any atom is -0.440 e. The zero-order valence-corrected chi connectivity index (χ0v) is 10.8. The second kappa shape index (κ2) is 4.83. The first-order valence-electron chi connectivity index (χ1n) is 6.60. The molecule has 2 heterocycles. The van der Waals surface area contributed by atoms with Gasteiger partial charge in [0.2, 0.25) is 0 Å². The lowest BCUT2D eigenvalue weighted by Gasteiger charge is -2.37. The minimum atomic E-state index is -0.384. The van der Waals surface area contributed by atoms with Crippen LogP contribution in [0.4, 0.5) is 10.5 Å². The fourth-order valence-electron chi connectivity index (χ4n) is 2.61. The van der Waals surface area contributed by atoms with Crippen molar-refractivity contribution in [1.82, 2.24) is 0 Å². The summed E-state index contributed by atoms with van der Waals surface area (Å²) in [4.78, 5) is 13.8. The lowest BCUT2D eigenvalue weighted by molar-refractivity contribution is -0.0111. The molecule has 2 fully saturated rings. The highest BCUT2D eigenvalue weighted by molar-refractivity contribution is 5.88. The first-order valence-corrected chi connectivity index (χ1v) is 6.60. The van der Waals surface area contributed by atoms with Crippen LogP contribution in [-0.4, -0.2) is 31.5 Å². The Bertz CT molecular complexity index is 466. The van der Waals surface area contributed by atoms with Crippen molar-refractivity contribution in [3.05, 3.63) is 29.8 Å². The molecule has 102 valence electrons. The van der Waals surface area contributed by atoms with Crippen molar-refractivity contribution < 1.29 is 14.3 Å². The van der Waals surface area contributed by atoms with E-state index in [1.165, 1.54) is 0 Å². The van der Waals surface area contributed by atoms with Gasteiger partial charge in [0.25, 0.3) is 0 Å². The maximum absolute atomic E-state index is 12.1. The summed E-state index contributed by atoms with van der Waals surface area (Å²) in [5.74, 6) is 0. The van der Waals surface area contributed by atoms with E-state index in [2.05, 4.69) is 0 Å². The molecule has 1 spiro atoms. The number of amides is 1. The second-order valence-corrected chi connectivity index (χ2v) is 5.13. The summed E-state index contributed by atoms with van der Waals surface area (Å²) in [5, 5.41) is 0. The van der Waals surface area contributed by atoms with Crippen LogP contribution in [0.3, 0.4) is 0 Å². The molecule has 0 aromatic heterocycles. The first kappa shape index (κ1) is 12.4. The Morgan fingerprint density at radius 3 is 2.63 bits per heavy atom. The molecule has 1 atom stereocenters. The van der Waals surface area contributed by atoms with E-state index in [-0.39, 0.29) is 11.7 Å². The van der Waals surface area contributed by atoms with Gasteiger partial charge >= 0.3 is 6.09 Å². The van der Waals surface area contributed by atoms with Crippen molar-refractivity contribution in [3.63, 3.8) is 0 Å². The number of anilines is 1. The summed E-state index contributed by atoms with van der Waals surface area (Å²) in [6.07, 6.45) is 1.34. The molecule has 19 heavy (non-hydrogen) atoms. The van der Waals surface area contributed by atoms with Crippen LogP contribution in [-0.2, 0) is 16.0 Å². The molecule has 0 saturated carbocycles. The van der Waals surface area contributed by atoms with E-state index < -0.39 is 0 Å². The molecule has 1 aromatic carbocycles. The first-order chi connectivity index (χ1) is 9.22. The Morgan fingerprint density at radius 2 is 2.05 bits per heavy atom. The predicted molar refractivity (Wildman–Crippen MR) is 70.9 cm³/mol. The van der Waals surface area contributed by atoms with Crippen LogP contribution in [0.2, 0.25) is 0 Å². The number of rotatable bonds is 2. The molecule has 2 N–H and O–H groups in total. The maximum atomic E-state index is 12.1. The van der Waals surface area contributed by atoms with Gasteiger partial charge in [0.15, 0.2) is 0 Å². The van der Waals surface area contributed by atoms with Gasteiger partial charge in [-0.1, -0.05) is 12.1 Å². The standard InChI is InChI=1S/C14H18N2O3/c15-9-11-1-3-12(4-2-11)16-7-5-14(19-13(16)17)6-8-18-10-14/h1-4H,5-10,15H2. The number of hydrogen-bond donors (Lipinski definition) is 1. The SMILES string of the molecule is NCc1ccc(N2CCC3(CCOC3)OC2=O)cc1. The third-order valence-corrected chi connectivity index (χ3v) is 3.87. The third-order valence-electron chi connectivity index (χ3n) is 3.87. The summed E-state index contributed by atoms with van der Waals surface area (Å²) in [6.45, 7) is 2.38. The largest absolute Gasteiger partial charge is 0.440 e. The molecule has 1 amide bonds. The topological polar surface area (TPSA) is 64.8 Å². The van der Waals surface area contributed by atoms with Crippen LogP contribution in [0.15, 0.2) is 24.3 Å². The average molecular weight is 262 g/mol. The summed E-state index contributed by atoms with van der Waals surface area (Å²) in [7, 11) is 0. The van der Waals surface area contributed by atoms with Gasteiger partial charge in [0, 0.05) is 31.6 Å². The Kier molecular flexibility index (Phi) is 3.16. The molecular formula is C14H18N2O3. The van der Waals surface area contributed by atoms with Gasteiger partial charge < -0.3 is 15.2 Å². The fourth-order valence-corrected chi connectivity index (χ4v) is 2.61. The second-order valence-electron chi connectivity index (χ2n) is 5.13. The van der Waals surface area contributed by atoms with Gasteiger partial charge in [0.1, 0.15) is 5.60 Å². The summed E-state index contributed by atoms with van der Waals surface area (Å²) in [5.41, 5.74) is 7.09. The number of benzene rings is 1. The van der Waals surface area contributed by atoms with Crippen molar-refractivity contribution in [2.75, 3.05) is 24.7 Å². The van der Waals surface area contributed by atoms with Gasteiger partial charge in [-0.05, 0) is 17.7 Å². The van der Waals surface area contributed by atoms with Crippen molar-refractivity contribution in [3.8, 4) is 0 Å². The number of nitrogens with zero attached hydrogens (tertiary/aromatic N) is 1. The quantitative estimate of drug-likeness (QED) is 0.880. The monoisotopic (exact) mass is 262 g/mol. The van der Waals surface area contributed by atoms with Crippen LogP contribution in [0.5, 0.6) is 0 Å². The predicted octanol–water partition coefficient (Wildman–Crippen LogP) is 1.65. The normalized spacial score (nSPS) is 26.8. The Labute approximate surface area is 112 Å². The van der Waals surface area contributed by atoms with Crippen LogP contribution >= 0.6 is 0 Å². The van der Waals surface area contributed by atoms with E-state index in [0.29, 0.717) is 26.3 Å². The van der Waals surface area contributed by atoms with Gasteiger partial charge in [-0.15, -0.1) is 0 Å². The maximum Gasteiger partial charge on any atom is 0.414 e. The fraction of sp³-hybridized carbons (Fsp3) is 0.500. The smallest absolute Gasteiger partial charge is 0.414 e.